The molecule has 2 aliphatic rings. The molecule has 3 rings (SSSR count). The molecular weight excluding hydrogens is 308 g/mol. The molecule has 0 heterocycles. The van der Waals surface area contributed by atoms with Crippen LogP contribution in [0.15, 0.2) is 24.3 Å². The number of carbonyl (C=O) groups is 1. The van der Waals surface area contributed by atoms with Crippen molar-refractivity contribution in [2.75, 3.05) is 6.54 Å². The van der Waals surface area contributed by atoms with Gasteiger partial charge in [-0.15, -0.1) is 12.4 Å². The number of hydrogen-bond acceptors (Lipinski definition) is 2. The Bertz CT molecular complexity index is 526. The summed E-state index contributed by atoms with van der Waals surface area (Å²) in [6, 6.07) is 8.68. The van der Waals surface area contributed by atoms with E-state index in [1.54, 1.807) is 0 Å². The molecule has 1 amide bonds. The van der Waals surface area contributed by atoms with Crippen LogP contribution in [0.1, 0.15) is 68.4 Å². The number of amides is 1. The van der Waals surface area contributed by atoms with E-state index in [2.05, 4.69) is 29.6 Å². The normalized spacial score (nSPS) is 22.0. The fraction of sp³-hybridized carbons (Fsp3) is 0.632. The Morgan fingerprint density at radius 2 is 1.96 bits per heavy atom. The van der Waals surface area contributed by atoms with Gasteiger partial charge in [0.15, 0.2) is 0 Å². The fourth-order valence-electron chi connectivity index (χ4n) is 4.22. The van der Waals surface area contributed by atoms with Crippen LogP contribution in [0, 0.1) is 0 Å². The summed E-state index contributed by atoms with van der Waals surface area (Å²) in [6.07, 6.45) is 9.68. The van der Waals surface area contributed by atoms with Crippen molar-refractivity contribution < 1.29 is 4.79 Å². The van der Waals surface area contributed by atoms with Gasteiger partial charge in [-0.2, -0.15) is 0 Å². The molecule has 0 aliphatic heterocycles. The highest BCUT2D eigenvalue weighted by Gasteiger charge is 2.32. The van der Waals surface area contributed by atoms with E-state index in [4.69, 9.17) is 5.73 Å². The van der Waals surface area contributed by atoms with Gasteiger partial charge in [0.1, 0.15) is 0 Å². The molecule has 0 bridgehead atoms. The fourth-order valence-corrected chi connectivity index (χ4v) is 4.22. The molecule has 1 atom stereocenters. The quantitative estimate of drug-likeness (QED) is 0.861. The summed E-state index contributed by atoms with van der Waals surface area (Å²) < 4.78 is 0. The lowest BCUT2D eigenvalue weighted by atomic mass is 9.81. The van der Waals surface area contributed by atoms with Crippen LogP contribution in [0.4, 0.5) is 0 Å². The predicted octanol–water partition coefficient (Wildman–Crippen LogP) is 3.70. The Morgan fingerprint density at radius 1 is 1.22 bits per heavy atom. The monoisotopic (exact) mass is 336 g/mol. The molecule has 23 heavy (non-hydrogen) atoms. The van der Waals surface area contributed by atoms with Crippen molar-refractivity contribution in [2.45, 2.75) is 69.2 Å². The van der Waals surface area contributed by atoms with Gasteiger partial charge < -0.3 is 11.1 Å². The van der Waals surface area contributed by atoms with Crippen LogP contribution >= 0.6 is 12.4 Å². The molecule has 0 radical (unpaired) electrons. The molecule has 128 valence electrons. The van der Waals surface area contributed by atoms with E-state index in [1.165, 1.54) is 36.8 Å². The summed E-state index contributed by atoms with van der Waals surface area (Å²) in [4.78, 5) is 12.4. The number of nitrogens with two attached hydrogens (primary N) is 1. The minimum absolute atomic E-state index is 0. The van der Waals surface area contributed by atoms with E-state index in [1.807, 2.05) is 0 Å². The molecule has 1 fully saturated rings. The molecular formula is C19H29ClN2O. The van der Waals surface area contributed by atoms with Crippen LogP contribution in [-0.2, 0) is 11.2 Å². The molecule has 3 N–H and O–H groups in total. The van der Waals surface area contributed by atoms with E-state index in [0.717, 1.165) is 25.7 Å². The van der Waals surface area contributed by atoms with Gasteiger partial charge in [0, 0.05) is 13.0 Å². The van der Waals surface area contributed by atoms with Gasteiger partial charge in [-0.1, -0.05) is 43.5 Å². The Kier molecular flexibility index (Phi) is 6.49. The van der Waals surface area contributed by atoms with Crippen LogP contribution < -0.4 is 11.1 Å². The SMILES string of the molecule is Cl.NCC1(NC(=O)CCC2CCc3ccccc32)CCCCC1. The van der Waals surface area contributed by atoms with Crippen molar-refractivity contribution >= 4 is 18.3 Å². The first-order chi connectivity index (χ1) is 10.7. The van der Waals surface area contributed by atoms with Crippen molar-refractivity contribution in [3.05, 3.63) is 35.4 Å². The molecule has 0 spiro atoms. The lowest BCUT2D eigenvalue weighted by Gasteiger charge is -2.37. The maximum atomic E-state index is 12.4. The largest absolute Gasteiger partial charge is 0.349 e. The molecule has 1 aromatic carbocycles. The zero-order valence-corrected chi connectivity index (χ0v) is 14.7. The molecule has 1 aromatic rings. The summed E-state index contributed by atoms with van der Waals surface area (Å²) in [7, 11) is 0. The summed E-state index contributed by atoms with van der Waals surface area (Å²) in [5.41, 5.74) is 8.76. The van der Waals surface area contributed by atoms with Crippen LogP contribution in [0.25, 0.3) is 0 Å². The average molecular weight is 337 g/mol. The Balaban J connectivity index is 0.00000192. The number of hydrogen-bond donors (Lipinski definition) is 2. The topological polar surface area (TPSA) is 55.1 Å². The highest BCUT2D eigenvalue weighted by molar-refractivity contribution is 5.85. The first-order valence-corrected chi connectivity index (χ1v) is 8.81. The number of nitrogens with one attached hydrogen (secondary N) is 1. The predicted molar refractivity (Wildman–Crippen MR) is 97.0 cm³/mol. The number of aryl methyl sites for hydroxylation is 1. The second-order valence-corrected chi connectivity index (χ2v) is 7.07. The molecule has 1 unspecified atom stereocenters. The maximum Gasteiger partial charge on any atom is 0.220 e. The molecule has 0 aromatic heterocycles. The van der Waals surface area contributed by atoms with Crippen molar-refractivity contribution in [3.8, 4) is 0 Å². The van der Waals surface area contributed by atoms with E-state index >= 15 is 0 Å². The summed E-state index contributed by atoms with van der Waals surface area (Å²) in [5, 5.41) is 3.27. The third-order valence-corrected chi connectivity index (χ3v) is 5.58. The van der Waals surface area contributed by atoms with Gasteiger partial charge in [-0.25, -0.2) is 0 Å². The van der Waals surface area contributed by atoms with Gasteiger partial charge >= 0.3 is 0 Å². The van der Waals surface area contributed by atoms with E-state index in [-0.39, 0.29) is 23.9 Å². The van der Waals surface area contributed by atoms with Gasteiger partial charge in [0.05, 0.1) is 5.54 Å². The highest BCUT2D eigenvalue weighted by Crippen LogP contribution is 2.36. The highest BCUT2D eigenvalue weighted by atomic mass is 35.5. The summed E-state index contributed by atoms with van der Waals surface area (Å²) in [6.45, 7) is 0.574. The second kappa shape index (κ2) is 8.16. The average Bonchev–Trinajstić information content (AvgIpc) is 2.97. The first-order valence-electron chi connectivity index (χ1n) is 8.81. The first kappa shape index (κ1) is 18.3. The Morgan fingerprint density at radius 3 is 2.70 bits per heavy atom. The van der Waals surface area contributed by atoms with Crippen molar-refractivity contribution in [2.24, 2.45) is 5.73 Å². The van der Waals surface area contributed by atoms with Gasteiger partial charge in [0.2, 0.25) is 5.91 Å². The van der Waals surface area contributed by atoms with Crippen LogP contribution in [0.5, 0.6) is 0 Å². The Hall–Kier alpha value is -1.06. The number of fused-ring (bicyclic) bond motifs is 1. The molecule has 4 heteroatoms. The van der Waals surface area contributed by atoms with Crippen molar-refractivity contribution in [1.82, 2.24) is 5.32 Å². The third-order valence-electron chi connectivity index (χ3n) is 5.58. The summed E-state index contributed by atoms with van der Waals surface area (Å²) in [5.74, 6) is 0.749. The third kappa shape index (κ3) is 4.27. The van der Waals surface area contributed by atoms with Gasteiger partial charge in [0.25, 0.3) is 0 Å². The molecule has 0 saturated heterocycles. The van der Waals surface area contributed by atoms with Crippen LogP contribution in [0.2, 0.25) is 0 Å². The Labute approximate surface area is 145 Å². The van der Waals surface area contributed by atoms with Gasteiger partial charge in [-0.05, 0) is 49.1 Å². The number of carbonyl (C=O) groups excluding carboxylic acids is 1. The lowest BCUT2D eigenvalue weighted by molar-refractivity contribution is -0.123. The van der Waals surface area contributed by atoms with E-state index in [9.17, 15) is 4.79 Å². The minimum atomic E-state index is -0.122. The zero-order valence-electron chi connectivity index (χ0n) is 13.9. The van der Waals surface area contributed by atoms with Gasteiger partial charge in [-0.3, -0.25) is 4.79 Å². The standard InChI is InChI=1S/C19H28N2O.ClH/c20-14-19(12-4-1-5-13-19)21-18(22)11-10-16-9-8-15-6-2-3-7-17(15)16;/h2-3,6-7,16H,1,4-5,8-14,20H2,(H,21,22);1H. The molecule has 1 saturated carbocycles. The summed E-state index contributed by atoms with van der Waals surface area (Å²) >= 11 is 0. The molecule has 3 nitrogen and oxygen atoms in total. The van der Waals surface area contributed by atoms with Crippen molar-refractivity contribution in [3.63, 3.8) is 0 Å². The second-order valence-electron chi connectivity index (χ2n) is 7.07. The van der Waals surface area contributed by atoms with Crippen LogP contribution in [-0.4, -0.2) is 18.0 Å². The lowest BCUT2D eigenvalue weighted by Crippen LogP contribution is -2.54. The zero-order chi connectivity index (χ0) is 15.4. The van der Waals surface area contributed by atoms with E-state index in [0.29, 0.717) is 18.9 Å². The maximum absolute atomic E-state index is 12.4. The number of benzene rings is 1. The van der Waals surface area contributed by atoms with E-state index < -0.39 is 0 Å². The molecule has 2 aliphatic carbocycles. The minimum Gasteiger partial charge on any atom is -0.349 e. The number of halogens is 1. The van der Waals surface area contributed by atoms with Crippen LogP contribution in [0.3, 0.4) is 0 Å². The number of rotatable bonds is 5. The van der Waals surface area contributed by atoms with Crippen molar-refractivity contribution in [1.29, 1.82) is 0 Å². The smallest absolute Gasteiger partial charge is 0.220 e.